The first-order valence-corrected chi connectivity index (χ1v) is 8.91. The fraction of sp³-hybridized carbons (Fsp3) is 0.556. The molecule has 1 saturated carbocycles. The summed E-state index contributed by atoms with van der Waals surface area (Å²) in [5, 5.41) is 30.2. The summed E-state index contributed by atoms with van der Waals surface area (Å²) in [6.07, 6.45) is 7.30. The largest absolute Gasteiger partial charge is 0.393 e. The molecule has 140 valence electrons. The van der Waals surface area contributed by atoms with Gasteiger partial charge in [0.25, 0.3) is 0 Å². The molecule has 0 unspecified atom stereocenters. The minimum Gasteiger partial charge on any atom is -0.393 e. The first-order valence-electron chi connectivity index (χ1n) is 8.91. The molecule has 8 nitrogen and oxygen atoms in total. The lowest BCUT2D eigenvalue weighted by Gasteiger charge is -2.40. The third-order valence-electron chi connectivity index (χ3n) is 4.90. The number of aromatic nitrogens is 4. The van der Waals surface area contributed by atoms with Crippen molar-refractivity contribution in [3.63, 3.8) is 0 Å². The van der Waals surface area contributed by atoms with Gasteiger partial charge in [0.1, 0.15) is 17.5 Å². The molecule has 0 aliphatic heterocycles. The molecule has 3 rings (SSSR count). The van der Waals surface area contributed by atoms with E-state index in [0.29, 0.717) is 30.4 Å². The second-order valence-electron chi connectivity index (χ2n) is 7.39. The zero-order chi connectivity index (χ0) is 18.6. The lowest BCUT2D eigenvalue weighted by Crippen LogP contribution is -2.41. The van der Waals surface area contributed by atoms with Gasteiger partial charge >= 0.3 is 0 Å². The molecule has 2 aromatic heterocycles. The van der Waals surface area contributed by atoms with Crippen LogP contribution in [-0.2, 0) is 6.54 Å². The van der Waals surface area contributed by atoms with Gasteiger partial charge in [-0.2, -0.15) is 15.3 Å². The van der Waals surface area contributed by atoms with Crippen molar-refractivity contribution in [1.29, 1.82) is 5.26 Å². The molecule has 0 bridgehead atoms. The summed E-state index contributed by atoms with van der Waals surface area (Å²) in [6, 6.07) is 4.19. The number of anilines is 2. The average Bonchev–Trinajstić information content (AvgIpc) is 3.12. The molecular weight excluding hydrogens is 330 g/mol. The van der Waals surface area contributed by atoms with Crippen LogP contribution in [0.4, 0.5) is 11.8 Å². The van der Waals surface area contributed by atoms with Crippen LogP contribution in [0.15, 0.2) is 24.7 Å². The number of hydrogen-bond donors (Lipinski definition) is 3. The highest BCUT2D eigenvalue weighted by molar-refractivity contribution is 5.54. The first kappa shape index (κ1) is 18.1. The number of aliphatic hydroxyl groups excluding tert-OH is 1. The molecule has 1 aliphatic rings. The molecule has 0 saturated heterocycles. The highest BCUT2D eigenvalue weighted by Crippen LogP contribution is 2.36. The summed E-state index contributed by atoms with van der Waals surface area (Å²) in [6.45, 7) is 5.47. The van der Waals surface area contributed by atoms with Crippen molar-refractivity contribution >= 4 is 11.8 Å². The van der Waals surface area contributed by atoms with E-state index in [0.717, 1.165) is 19.3 Å². The van der Waals surface area contributed by atoms with Crippen molar-refractivity contribution in [1.82, 2.24) is 19.7 Å². The van der Waals surface area contributed by atoms with Crippen LogP contribution < -0.4 is 10.6 Å². The van der Waals surface area contributed by atoms with E-state index in [4.69, 9.17) is 0 Å². The number of nitrogens with zero attached hydrogens (tertiary/aromatic N) is 5. The maximum atomic E-state index is 10.1. The van der Waals surface area contributed by atoms with E-state index in [9.17, 15) is 10.4 Å². The molecule has 1 aliphatic carbocycles. The van der Waals surface area contributed by atoms with Crippen molar-refractivity contribution in [3.8, 4) is 6.07 Å². The van der Waals surface area contributed by atoms with Gasteiger partial charge in [-0.3, -0.25) is 4.68 Å². The molecule has 0 aromatic carbocycles. The van der Waals surface area contributed by atoms with Gasteiger partial charge in [0.05, 0.1) is 18.8 Å². The molecule has 1 fully saturated rings. The Bertz CT molecular complexity index is 773. The quantitative estimate of drug-likeness (QED) is 0.727. The van der Waals surface area contributed by atoms with Crippen LogP contribution in [0.2, 0.25) is 0 Å². The highest BCUT2D eigenvalue weighted by Gasteiger charge is 2.35. The second-order valence-corrected chi connectivity index (χ2v) is 7.39. The normalized spacial score (nSPS) is 21.8. The summed E-state index contributed by atoms with van der Waals surface area (Å²) in [4.78, 5) is 8.68. The minimum absolute atomic E-state index is 0. The summed E-state index contributed by atoms with van der Waals surface area (Å²) < 4.78 is 1.82. The van der Waals surface area contributed by atoms with E-state index in [1.807, 2.05) is 16.9 Å². The van der Waals surface area contributed by atoms with E-state index in [2.05, 4.69) is 45.6 Å². The Morgan fingerprint density at radius 1 is 1.46 bits per heavy atom. The smallest absolute Gasteiger partial charge is 0.224 e. The van der Waals surface area contributed by atoms with Crippen molar-refractivity contribution in [2.75, 3.05) is 17.2 Å². The molecule has 0 spiro atoms. The van der Waals surface area contributed by atoms with Gasteiger partial charge < -0.3 is 15.7 Å². The van der Waals surface area contributed by atoms with Crippen LogP contribution in [0.25, 0.3) is 0 Å². The number of aliphatic hydroxyl groups is 1. The SMILES string of the molecule is CC1(C)C[C@H](Nc2nc(NCCn3cccn3)ncc2C#N)CC[C@@H]1O.[HH]. The monoisotopic (exact) mass is 357 g/mol. The van der Waals surface area contributed by atoms with Crippen molar-refractivity contribution < 1.29 is 6.53 Å². The average molecular weight is 357 g/mol. The lowest BCUT2D eigenvalue weighted by atomic mass is 9.73. The zero-order valence-corrected chi connectivity index (χ0v) is 15.2. The Kier molecular flexibility index (Phi) is 5.38. The van der Waals surface area contributed by atoms with Crippen LogP contribution in [0.1, 0.15) is 40.1 Å². The van der Waals surface area contributed by atoms with Crippen molar-refractivity contribution in [3.05, 3.63) is 30.2 Å². The number of nitriles is 1. The van der Waals surface area contributed by atoms with E-state index in [1.54, 1.807) is 6.20 Å². The van der Waals surface area contributed by atoms with Gasteiger partial charge in [0.2, 0.25) is 5.95 Å². The Hall–Kier alpha value is -2.66. The number of rotatable bonds is 6. The van der Waals surface area contributed by atoms with E-state index < -0.39 is 0 Å². The predicted octanol–water partition coefficient (Wildman–Crippen LogP) is 2.25. The second kappa shape index (κ2) is 7.70. The zero-order valence-electron chi connectivity index (χ0n) is 15.2. The molecule has 26 heavy (non-hydrogen) atoms. The summed E-state index contributed by atoms with van der Waals surface area (Å²) in [5.41, 5.74) is 0.271. The molecule has 0 radical (unpaired) electrons. The molecule has 3 N–H and O–H groups in total. The molecule has 0 amide bonds. The van der Waals surface area contributed by atoms with Gasteiger partial charge in [-0.25, -0.2) is 4.98 Å². The van der Waals surface area contributed by atoms with Gasteiger partial charge in [0, 0.05) is 26.4 Å². The lowest BCUT2D eigenvalue weighted by molar-refractivity contribution is 0.00926. The Labute approximate surface area is 154 Å². The van der Waals surface area contributed by atoms with E-state index in [-0.39, 0.29) is 19.0 Å². The minimum atomic E-state index is -0.291. The molecule has 2 aromatic rings. The molecule has 8 heteroatoms. The standard InChI is InChI=1S/C18H25N7O.H2/c1-18(2)10-14(4-5-15(18)26)23-16-13(11-19)12-21-17(24-16)20-7-9-25-8-3-6-22-25;/h3,6,8,12,14-15,26H,4-5,7,9-10H2,1-2H3,(H2,20,21,23,24);1H/t14-,15+;/m1./s1. The molecule has 2 heterocycles. The Balaban J connectivity index is 0.00000261. The third kappa shape index (κ3) is 4.29. The van der Waals surface area contributed by atoms with Crippen LogP contribution in [0.5, 0.6) is 0 Å². The predicted molar refractivity (Wildman–Crippen MR) is 101 cm³/mol. The maximum absolute atomic E-state index is 10.1. The maximum Gasteiger partial charge on any atom is 0.224 e. The fourth-order valence-corrected chi connectivity index (χ4v) is 3.31. The van der Waals surface area contributed by atoms with Gasteiger partial charge in [-0.15, -0.1) is 0 Å². The topological polar surface area (TPSA) is 112 Å². The van der Waals surface area contributed by atoms with Crippen LogP contribution in [-0.4, -0.2) is 43.5 Å². The highest BCUT2D eigenvalue weighted by atomic mass is 16.3. The van der Waals surface area contributed by atoms with E-state index >= 15 is 0 Å². The van der Waals surface area contributed by atoms with Gasteiger partial charge in [-0.05, 0) is 30.7 Å². The third-order valence-corrected chi connectivity index (χ3v) is 4.90. The Morgan fingerprint density at radius 3 is 3.00 bits per heavy atom. The number of nitrogens with one attached hydrogen (secondary N) is 2. The Morgan fingerprint density at radius 2 is 2.31 bits per heavy atom. The van der Waals surface area contributed by atoms with Crippen LogP contribution in [0.3, 0.4) is 0 Å². The fourth-order valence-electron chi connectivity index (χ4n) is 3.31. The summed E-state index contributed by atoms with van der Waals surface area (Å²) >= 11 is 0. The summed E-state index contributed by atoms with van der Waals surface area (Å²) in [7, 11) is 0. The molecular formula is C18H27N7O. The van der Waals surface area contributed by atoms with Crippen molar-refractivity contribution in [2.45, 2.75) is 51.8 Å². The first-order chi connectivity index (χ1) is 12.5. The summed E-state index contributed by atoms with van der Waals surface area (Å²) in [5.74, 6) is 1.02. The van der Waals surface area contributed by atoms with Crippen LogP contribution >= 0.6 is 0 Å². The molecule has 2 atom stereocenters. The van der Waals surface area contributed by atoms with Gasteiger partial charge in [0.15, 0.2) is 0 Å². The van der Waals surface area contributed by atoms with Gasteiger partial charge in [-0.1, -0.05) is 13.8 Å². The van der Waals surface area contributed by atoms with E-state index in [1.165, 1.54) is 6.20 Å². The van der Waals surface area contributed by atoms with Crippen LogP contribution in [0, 0.1) is 16.7 Å². The van der Waals surface area contributed by atoms with Crippen molar-refractivity contribution in [2.24, 2.45) is 5.41 Å². The number of hydrogen-bond acceptors (Lipinski definition) is 7.